The molecule has 104 valence electrons. The zero-order chi connectivity index (χ0) is 14.8. The number of benzene rings is 1. The molecule has 4 nitrogen and oxygen atoms in total. The number of nitrogens with zero attached hydrogens (tertiary/aromatic N) is 2. The smallest absolute Gasteiger partial charge is 0.207 e. The maximum Gasteiger partial charge on any atom is 0.244 e. The molecule has 0 amide bonds. The summed E-state index contributed by atoms with van der Waals surface area (Å²) >= 11 is 0. The minimum absolute atomic E-state index is 0.110. The van der Waals surface area contributed by atoms with E-state index in [1.165, 1.54) is 23.5 Å². The molecule has 19 heavy (non-hydrogen) atoms. The van der Waals surface area contributed by atoms with Crippen molar-refractivity contribution in [1.29, 1.82) is 5.26 Å². The molecule has 0 heterocycles. The Morgan fingerprint density at radius 2 is 1.89 bits per heavy atom. The van der Waals surface area contributed by atoms with Crippen LogP contribution in [0.1, 0.15) is 26.3 Å². The first-order valence-corrected chi connectivity index (χ1v) is 7.34. The summed E-state index contributed by atoms with van der Waals surface area (Å²) in [4.78, 5) is -0.287. The minimum Gasteiger partial charge on any atom is -0.207 e. The van der Waals surface area contributed by atoms with E-state index in [1.54, 1.807) is 13.0 Å². The van der Waals surface area contributed by atoms with E-state index in [0.717, 1.165) is 6.07 Å². The number of hydrogen-bond donors (Lipinski definition) is 0. The molecule has 0 saturated heterocycles. The highest BCUT2D eigenvalue weighted by Crippen LogP contribution is 2.24. The zero-order valence-corrected chi connectivity index (χ0v) is 12.2. The molecule has 0 bridgehead atoms. The Balaban J connectivity index is 3.37. The zero-order valence-electron chi connectivity index (χ0n) is 11.4. The standard InChI is InChI=1S/C13H17FN2O2S/c1-9(2)10(3)16(4)19(17,18)13-7-5-6-12(14)11(13)8-15/h5-7,9-10H,1-4H3. The van der Waals surface area contributed by atoms with Crippen LogP contribution >= 0.6 is 0 Å². The molecule has 0 aliphatic rings. The van der Waals surface area contributed by atoms with Gasteiger partial charge in [-0.25, -0.2) is 12.8 Å². The van der Waals surface area contributed by atoms with Crippen molar-refractivity contribution in [2.45, 2.75) is 31.7 Å². The molecule has 1 aromatic rings. The van der Waals surface area contributed by atoms with Crippen molar-refractivity contribution in [3.63, 3.8) is 0 Å². The Labute approximate surface area is 113 Å². The van der Waals surface area contributed by atoms with E-state index in [0.29, 0.717) is 0 Å². The Morgan fingerprint density at radius 1 is 1.32 bits per heavy atom. The van der Waals surface area contributed by atoms with Gasteiger partial charge in [0.2, 0.25) is 10.0 Å². The van der Waals surface area contributed by atoms with Gasteiger partial charge in [-0.1, -0.05) is 19.9 Å². The van der Waals surface area contributed by atoms with Gasteiger partial charge in [0.15, 0.2) is 0 Å². The monoisotopic (exact) mass is 284 g/mol. The number of sulfonamides is 1. The van der Waals surface area contributed by atoms with Crippen molar-refractivity contribution in [1.82, 2.24) is 4.31 Å². The number of rotatable bonds is 4. The molecule has 0 fully saturated rings. The van der Waals surface area contributed by atoms with Crippen LogP contribution in [0.25, 0.3) is 0 Å². The lowest BCUT2D eigenvalue weighted by atomic mass is 10.1. The molecule has 1 rings (SSSR count). The van der Waals surface area contributed by atoms with Gasteiger partial charge < -0.3 is 0 Å². The number of hydrogen-bond acceptors (Lipinski definition) is 3. The summed E-state index contributed by atoms with van der Waals surface area (Å²) in [5, 5.41) is 8.92. The predicted octanol–water partition coefficient (Wildman–Crippen LogP) is 2.36. The summed E-state index contributed by atoms with van der Waals surface area (Å²) in [6, 6.07) is 4.97. The van der Waals surface area contributed by atoms with E-state index in [2.05, 4.69) is 0 Å². The first kappa shape index (κ1) is 15.6. The summed E-state index contributed by atoms with van der Waals surface area (Å²) in [6.07, 6.45) is 0. The van der Waals surface area contributed by atoms with Gasteiger partial charge in [-0.15, -0.1) is 0 Å². The molecule has 1 atom stereocenters. The van der Waals surface area contributed by atoms with Crippen LogP contribution < -0.4 is 0 Å². The maximum atomic E-state index is 13.5. The normalized spacial score (nSPS) is 13.6. The van der Waals surface area contributed by atoms with Crippen LogP contribution in [0.4, 0.5) is 4.39 Å². The van der Waals surface area contributed by atoms with Crippen molar-refractivity contribution in [3.05, 3.63) is 29.6 Å². The van der Waals surface area contributed by atoms with Crippen LogP contribution in [0.5, 0.6) is 0 Å². The van der Waals surface area contributed by atoms with Gasteiger partial charge >= 0.3 is 0 Å². The lowest BCUT2D eigenvalue weighted by Crippen LogP contribution is -2.38. The maximum absolute atomic E-state index is 13.5. The Kier molecular flexibility index (Phi) is 4.66. The van der Waals surface area contributed by atoms with Crippen LogP contribution in [0.15, 0.2) is 23.1 Å². The van der Waals surface area contributed by atoms with Crippen molar-refractivity contribution < 1.29 is 12.8 Å². The molecule has 0 saturated carbocycles. The molecule has 0 aliphatic carbocycles. The summed E-state index contributed by atoms with van der Waals surface area (Å²) < 4.78 is 39.5. The predicted molar refractivity (Wildman–Crippen MR) is 70.4 cm³/mol. The molecule has 1 aromatic carbocycles. The highest BCUT2D eigenvalue weighted by Gasteiger charge is 2.30. The van der Waals surface area contributed by atoms with E-state index in [-0.39, 0.29) is 16.9 Å². The van der Waals surface area contributed by atoms with E-state index >= 15 is 0 Å². The SMILES string of the molecule is CC(C)C(C)N(C)S(=O)(=O)c1cccc(F)c1C#N. The molecule has 6 heteroatoms. The molecular formula is C13H17FN2O2S. The van der Waals surface area contributed by atoms with E-state index in [1.807, 2.05) is 13.8 Å². The summed E-state index contributed by atoms with van der Waals surface area (Å²) in [6.45, 7) is 5.56. The largest absolute Gasteiger partial charge is 0.244 e. The second-order valence-electron chi connectivity index (χ2n) is 4.73. The molecule has 0 aliphatic heterocycles. The average molecular weight is 284 g/mol. The molecule has 1 unspecified atom stereocenters. The second-order valence-corrected chi connectivity index (χ2v) is 6.70. The molecule has 0 radical (unpaired) electrons. The third-order valence-corrected chi connectivity index (χ3v) is 5.27. The fourth-order valence-electron chi connectivity index (χ4n) is 1.62. The molecule has 0 aromatic heterocycles. The highest BCUT2D eigenvalue weighted by atomic mass is 32.2. The Bertz CT molecular complexity index is 606. The molecule has 0 spiro atoms. The van der Waals surface area contributed by atoms with E-state index in [4.69, 9.17) is 5.26 Å². The lowest BCUT2D eigenvalue weighted by molar-refractivity contribution is 0.315. The lowest BCUT2D eigenvalue weighted by Gasteiger charge is -2.27. The van der Waals surface area contributed by atoms with Crippen LogP contribution in [0.3, 0.4) is 0 Å². The van der Waals surface area contributed by atoms with Crippen LogP contribution in [-0.4, -0.2) is 25.8 Å². The van der Waals surface area contributed by atoms with E-state index in [9.17, 15) is 12.8 Å². The van der Waals surface area contributed by atoms with Gasteiger partial charge in [-0.2, -0.15) is 9.57 Å². The van der Waals surface area contributed by atoms with Crippen molar-refractivity contribution in [2.24, 2.45) is 5.92 Å². The molecular weight excluding hydrogens is 267 g/mol. The first-order valence-electron chi connectivity index (χ1n) is 5.90. The Morgan fingerprint density at radius 3 is 2.37 bits per heavy atom. The highest BCUT2D eigenvalue weighted by molar-refractivity contribution is 7.89. The van der Waals surface area contributed by atoms with Crippen LogP contribution in [-0.2, 0) is 10.0 Å². The number of nitriles is 1. The van der Waals surface area contributed by atoms with Crippen molar-refractivity contribution in [2.75, 3.05) is 7.05 Å². The Hall–Kier alpha value is -1.45. The second kappa shape index (κ2) is 5.68. The van der Waals surface area contributed by atoms with Gasteiger partial charge in [-0.3, -0.25) is 0 Å². The van der Waals surface area contributed by atoms with Crippen molar-refractivity contribution >= 4 is 10.0 Å². The number of halogens is 1. The summed E-state index contributed by atoms with van der Waals surface area (Å²) in [5.41, 5.74) is -0.440. The summed E-state index contributed by atoms with van der Waals surface area (Å²) in [7, 11) is -2.44. The quantitative estimate of drug-likeness (QED) is 0.852. The van der Waals surface area contributed by atoms with E-state index < -0.39 is 21.4 Å². The minimum atomic E-state index is -3.88. The third kappa shape index (κ3) is 2.94. The van der Waals surface area contributed by atoms with Gasteiger partial charge in [0.25, 0.3) is 0 Å². The van der Waals surface area contributed by atoms with Gasteiger partial charge in [0.05, 0.1) is 0 Å². The fraction of sp³-hybridized carbons (Fsp3) is 0.462. The van der Waals surface area contributed by atoms with Crippen molar-refractivity contribution in [3.8, 4) is 6.07 Å². The van der Waals surface area contributed by atoms with Gasteiger partial charge in [0.1, 0.15) is 22.3 Å². The van der Waals surface area contributed by atoms with Gasteiger partial charge in [0, 0.05) is 13.1 Å². The van der Waals surface area contributed by atoms with Crippen LogP contribution in [0.2, 0.25) is 0 Å². The summed E-state index contributed by atoms with van der Waals surface area (Å²) in [5.74, 6) is -0.715. The third-order valence-electron chi connectivity index (χ3n) is 3.28. The van der Waals surface area contributed by atoms with Crippen LogP contribution in [0, 0.1) is 23.1 Å². The molecule has 0 N–H and O–H groups in total. The average Bonchev–Trinajstić information content (AvgIpc) is 2.36. The topological polar surface area (TPSA) is 61.2 Å². The fourth-order valence-corrected chi connectivity index (χ4v) is 3.26. The van der Waals surface area contributed by atoms with Gasteiger partial charge in [-0.05, 0) is 25.0 Å². The first-order chi connectivity index (χ1) is 8.73.